The highest BCUT2D eigenvalue weighted by Crippen LogP contribution is 2.30. The van der Waals surface area contributed by atoms with Gasteiger partial charge in [-0.1, -0.05) is 0 Å². The monoisotopic (exact) mass is 302 g/mol. The highest BCUT2D eigenvalue weighted by Gasteiger charge is 2.11. The molecule has 0 atom stereocenters. The minimum absolute atomic E-state index is 0.00420. The van der Waals surface area contributed by atoms with E-state index in [0.717, 1.165) is 8.66 Å². The Labute approximate surface area is 103 Å². The first-order valence-electron chi connectivity index (χ1n) is 4.45. The Morgan fingerprint density at radius 2 is 2.31 bits per heavy atom. The molecule has 0 aliphatic heterocycles. The molecule has 0 amide bonds. The lowest BCUT2D eigenvalue weighted by Gasteiger charge is -1.89. The van der Waals surface area contributed by atoms with Gasteiger partial charge >= 0.3 is 5.97 Å². The first-order chi connectivity index (χ1) is 7.65. The molecule has 2 aromatic rings. The molecule has 0 saturated carbocycles. The normalized spacial score (nSPS) is 10.6. The molecule has 0 saturated heterocycles. The summed E-state index contributed by atoms with van der Waals surface area (Å²) in [5, 5.41) is 16.2. The molecule has 0 aliphatic carbocycles. The molecule has 2 aromatic heterocycles. The standard InChI is InChI=1S/C9H7BrN2O3S/c10-6-2-1-5(16-6)9-12-11-7(15-9)3-4-8(13)14/h1-2H,3-4H2,(H,13,14). The quantitative estimate of drug-likeness (QED) is 0.939. The van der Waals surface area contributed by atoms with Crippen molar-refractivity contribution < 1.29 is 14.3 Å². The molecule has 0 aliphatic rings. The Balaban J connectivity index is 2.10. The zero-order valence-electron chi connectivity index (χ0n) is 8.01. The van der Waals surface area contributed by atoms with Crippen LogP contribution < -0.4 is 0 Å². The SMILES string of the molecule is O=C(O)CCc1nnc(-c2ccc(Br)s2)o1. The summed E-state index contributed by atoms with van der Waals surface area (Å²) in [6.07, 6.45) is 0.255. The summed E-state index contributed by atoms with van der Waals surface area (Å²) in [5.41, 5.74) is 0. The van der Waals surface area contributed by atoms with Crippen LogP contribution in [-0.2, 0) is 11.2 Å². The van der Waals surface area contributed by atoms with Gasteiger partial charge in [0.25, 0.3) is 5.89 Å². The number of aromatic nitrogens is 2. The largest absolute Gasteiger partial charge is 0.481 e. The van der Waals surface area contributed by atoms with Crippen LogP contribution in [0, 0.1) is 0 Å². The smallest absolute Gasteiger partial charge is 0.303 e. The summed E-state index contributed by atoms with van der Waals surface area (Å²) in [7, 11) is 0. The van der Waals surface area contributed by atoms with E-state index in [-0.39, 0.29) is 12.8 Å². The van der Waals surface area contributed by atoms with Gasteiger partial charge < -0.3 is 9.52 Å². The molecule has 1 N–H and O–H groups in total. The second-order valence-corrected chi connectivity index (χ2v) is 5.46. The van der Waals surface area contributed by atoms with E-state index < -0.39 is 5.97 Å². The van der Waals surface area contributed by atoms with Gasteiger partial charge in [0.1, 0.15) is 0 Å². The van der Waals surface area contributed by atoms with Crippen molar-refractivity contribution in [2.75, 3.05) is 0 Å². The Kier molecular flexibility index (Phi) is 3.35. The third-order valence-corrected chi connectivity index (χ3v) is 3.42. The van der Waals surface area contributed by atoms with E-state index in [1.165, 1.54) is 11.3 Å². The Morgan fingerprint density at radius 3 is 2.94 bits per heavy atom. The van der Waals surface area contributed by atoms with Crippen LogP contribution in [0.1, 0.15) is 12.3 Å². The van der Waals surface area contributed by atoms with Gasteiger partial charge in [-0.15, -0.1) is 21.5 Å². The predicted octanol–water partition coefficient (Wildman–Crippen LogP) is 2.58. The minimum Gasteiger partial charge on any atom is -0.481 e. The number of nitrogens with zero attached hydrogens (tertiary/aromatic N) is 2. The van der Waals surface area contributed by atoms with E-state index in [1.807, 2.05) is 12.1 Å². The molecular formula is C9H7BrN2O3S. The Hall–Kier alpha value is -1.21. The molecule has 0 unspecified atom stereocenters. The summed E-state index contributed by atoms with van der Waals surface area (Å²) >= 11 is 4.82. The van der Waals surface area contributed by atoms with Crippen molar-refractivity contribution in [2.24, 2.45) is 0 Å². The van der Waals surface area contributed by atoms with Gasteiger partial charge in [-0.3, -0.25) is 4.79 Å². The summed E-state index contributed by atoms with van der Waals surface area (Å²) in [6, 6.07) is 3.75. The third kappa shape index (κ3) is 2.67. The molecule has 2 heterocycles. The van der Waals surface area contributed by atoms with E-state index >= 15 is 0 Å². The van der Waals surface area contributed by atoms with Gasteiger partial charge in [-0.2, -0.15) is 0 Å². The van der Waals surface area contributed by atoms with E-state index in [1.54, 1.807) is 0 Å². The number of thiophene rings is 1. The van der Waals surface area contributed by atoms with Crippen LogP contribution in [0.3, 0.4) is 0 Å². The van der Waals surface area contributed by atoms with Crippen LogP contribution in [0.25, 0.3) is 10.8 Å². The molecule has 0 aromatic carbocycles. The average molecular weight is 303 g/mol. The van der Waals surface area contributed by atoms with Crippen molar-refractivity contribution in [3.63, 3.8) is 0 Å². The van der Waals surface area contributed by atoms with Crippen molar-refractivity contribution in [1.29, 1.82) is 0 Å². The highest BCUT2D eigenvalue weighted by atomic mass is 79.9. The van der Waals surface area contributed by atoms with Gasteiger partial charge in [0, 0.05) is 6.42 Å². The average Bonchev–Trinajstić information content (AvgIpc) is 2.83. The van der Waals surface area contributed by atoms with Crippen LogP contribution >= 0.6 is 27.3 Å². The second kappa shape index (κ2) is 4.75. The first-order valence-corrected chi connectivity index (χ1v) is 6.06. The molecule has 16 heavy (non-hydrogen) atoms. The number of aliphatic carboxylic acids is 1. The molecule has 0 fully saturated rings. The maximum absolute atomic E-state index is 10.4. The van der Waals surface area contributed by atoms with Crippen molar-refractivity contribution in [1.82, 2.24) is 10.2 Å². The maximum Gasteiger partial charge on any atom is 0.303 e. The van der Waals surface area contributed by atoms with Crippen molar-refractivity contribution in [3.8, 4) is 10.8 Å². The van der Waals surface area contributed by atoms with Gasteiger partial charge in [-0.05, 0) is 28.1 Å². The van der Waals surface area contributed by atoms with E-state index in [2.05, 4.69) is 26.1 Å². The summed E-state index contributed by atoms with van der Waals surface area (Å²) in [5.74, 6) is -0.100. The number of hydrogen-bond donors (Lipinski definition) is 1. The van der Waals surface area contributed by atoms with Crippen molar-refractivity contribution >= 4 is 33.2 Å². The summed E-state index contributed by atoms with van der Waals surface area (Å²) in [4.78, 5) is 11.2. The predicted molar refractivity (Wildman–Crippen MR) is 61.3 cm³/mol. The lowest BCUT2D eigenvalue weighted by atomic mass is 10.3. The number of hydrogen-bond acceptors (Lipinski definition) is 5. The number of aryl methyl sites for hydroxylation is 1. The van der Waals surface area contributed by atoms with Gasteiger partial charge in [0.05, 0.1) is 15.1 Å². The van der Waals surface area contributed by atoms with Crippen LogP contribution in [0.5, 0.6) is 0 Å². The lowest BCUT2D eigenvalue weighted by molar-refractivity contribution is -0.137. The fourth-order valence-electron chi connectivity index (χ4n) is 1.10. The fourth-order valence-corrected chi connectivity index (χ4v) is 2.40. The zero-order chi connectivity index (χ0) is 11.5. The highest BCUT2D eigenvalue weighted by molar-refractivity contribution is 9.11. The molecule has 7 heteroatoms. The lowest BCUT2D eigenvalue weighted by Crippen LogP contribution is -1.97. The van der Waals surface area contributed by atoms with Gasteiger partial charge in [-0.25, -0.2) is 0 Å². The van der Waals surface area contributed by atoms with E-state index in [9.17, 15) is 4.79 Å². The summed E-state index contributed by atoms with van der Waals surface area (Å²) in [6.45, 7) is 0. The molecule has 2 rings (SSSR count). The molecule has 0 radical (unpaired) electrons. The van der Waals surface area contributed by atoms with Crippen LogP contribution in [0.15, 0.2) is 20.3 Å². The summed E-state index contributed by atoms with van der Waals surface area (Å²) < 4.78 is 6.32. The van der Waals surface area contributed by atoms with E-state index in [4.69, 9.17) is 9.52 Å². The van der Waals surface area contributed by atoms with Crippen LogP contribution in [-0.4, -0.2) is 21.3 Å². The second-order valence-electron chi connectivity index (χ2n) is 3.00. The zero-order valence-corrected chi connectivity index (χ0v) is 10.4. The van der Waals surface area contributed by atoms with Crippen LogP contribution in [0.4, 0.5) is 0 Å². The maximum atomic E-state index is 10.4. The van der Waals surface area contributed by atoms with Gasteiger partial charge in [0.2, 0.25) is 5.89 Å². The number of carboxylic acids is 1. The third-order valence-electron chi connectivity index (χ3n) is 1.80. The topological polar surface area (TPSA) is 76.2 Å². The Morgan fingerprint density at radius 1 is 1.50 bits per heavy atom. The number of rotatable bonds is 4. The van der Waals surface area contributed by atoms with Crippen LogP contribution in [0.2, 0.25) is 0 Å². The number of halogens is 1. The molecule has 0 bridgehead atoms. The number of carbonyl (C=O) groups is 1. The number of carboxylic acid groups (broad SMARTS) is 1. The molecule has 0 spiro atoms. The van der Waals surface area contributed by atoms with Gasteiger partial charge in [0.15, 0.2) is 0 Å². The molecule has 84 valence electrons. The minimum atomic E-state index is -0.876. The first kappa shape index (κ1) is 11.3. The Bertz CT molecular complexity index is 508. The molecule has 5 nitrogen and oxygen atoms in total. The van der Waals surface area contributed by atoms with Crippen molar-refractivity contribution in [3.05, 3.63) is 21.8 Å². The fraction of sp³-hybridized carbons (Fsp3) is 0.222. The van der Waals surface area contributed by atoms with Crippen molar-refractivity contribution in [2.45, 2.75) is 12.8 Å². The molecular weight excluding hydrogens is 296 g/mol. The van der Waals surface area contributed by atoms with E-state index in [0.29, 0.717) is 11.8 Å².